The smallest absolute Gasteiger partial charge is 0.169 e. The monoisotopic (exact) mass is 206 g/mol. The third-order valence-corrected chi connectivity index (χ3v) is 2.27. The molecule has 1 aromatic heterocycles. The van der Waals surface area contributed by atoms with Crippen molar-refractivity contribution in [1.82, 2.24) is 0 Å². The van der Waals surface area contributed by atoms with Gasteiger partial charge in [0, 0.05) is 18.2 Å². The molecule has 0 aliphatic rings. The fourth-order valence-corrected chi connectivity index (χ4v) is 1.50. The number of carbonyl (C=O) groups is 1. The molecule has 2 rings (SSSR count). The lowest BCUT2D eigenvalue weighted by Gasteiger charge is -1.91. The standard InChI is InChI=1S/C12H11FO2/c1-8(14)5-6-10-7-9-3-2-4-11(13)12(9)15-10/h2-4,7H,5-6H2,1H3. The molecule has 0 N–H and O–H groups in total. The number of hydrogen-bond acceptors (Lipinski definition) is 2. The summed E-state index contributed by atoms with van der Waals surface area (Å²) in [5.74, 6) is 0.405. The third kappa shape index (κ3) is 2.06. The number of rotatable bonds is 3. The molecule has 0 aliphatic carbocycles. The molecule has 0 unspecified atom stereocenters. The third-order valence-electron chi connectivity index (χ3n) is 2.27. The Kier molecular flexibility index (Phi) is 2.54. The molecule has 1 heterocycles. The van der Waals surface area contributed by atoms with Crippen molar-refractivity contribution >= 4 is 16.8 Å². The number of halogens is 1. The van der Waals surface area contributed by atoms with Gasteiger partial charge in [0.05, 0.1) is 0 Å². The number of furan rings is 1. The number of hydrogen-bond donors (Lipinski definition) is 0. The van der Waals surface area contributed by atoms with E-state index in [-0.39, 0.29) is 17.2 Å². The maximum Gasteiger partial charge on any atom is 0.169 e. The van der Waals surface area contributed by atoms with E-state index < -0.39 is 0 Å². The van der Waals surface area contributed by atoms with E-state index in [1.807, 2.05) is 0 Å². The summed E-state index contributed by atoms with van der Waals surface area (Å²) in [5, 5.41) is 0.744. The SMILES string of the molecule is CC(=O)CCc1cc2cccc(F)c2o1. The average molecular weight is 206 g/mol. The lowest BCUT2D eigenvalue weighted by molar-refractivity contribution is -0.117. The van der Waals surface area contributed by atoms with Gasteiger partial charge in [0.1, 0.15) is 11.5 Å². The normalized spacial score (nSPS) is 10.8. The Morgan fingerprint density at radius 1 is 1.47 bits per heavy atom. The molecule has 0 radical (unpaired) electrons. The van der Waals surface area contributed by atoms with Crippen LogP contribution in [0.4, 0.5) is 4.39 Å². The second-order valence-corrected chi connectivity index (χ2v) is 3.57. The second-order valence-electron chi connectivity index (χ2n) is 3.57. The van der Waals surface area contributed by atoms with Gasteiger partial charge in [-0.2, -0.15) is 0 Å². The molecule has 0 amide bonds. The average Bonchev–Trinajstić information content (AvgIpc) is 2.59. The number of ketones is 1. The summed E-state index contributed by atoms with van der Waals surface area (Å²) in [6, 6.07) is 6.57. The number of fused-ring (bicyclic) bond motifs is 1. The molecule has 0 saturated heterocycles. The summed E-state index contributed by atoms with van der Waals surface area (Å²) in [6.45, 7) is 1.53. The minimum atomic E-state index is -0.360. The summed E-state index contributed by atoms with van der Waals surface area (Å²) in [5.41, 5.74) is 0.274. The summed E-state index contributed by atoms with van der Waals surface area (Å²) >= 11 is 0. The Morgan fingerprint density at radius 3 is 2.93 bits per heavy atom. The number of aryl methyl sites for hydroxylation is 1. The first-order chi connectivity index (χ1) is 7.16. The van der Waals surface area contributed by atoms with Crippen molar-refractivity contribution in [2.45, 2.75) is 19.8 Å². The molecule has 0 saturated carbocycles. The molecule has 0 fully saturated rings. The topological polar surface area (TPSA) is 30.2 Å². The van der Waals surface area contributed by atoms with Gasteiger partial charge in [0.15, 0.2) is 11.4 Å². The van der Waals surface area contributed by atoms with Gasteiger partial charge >= 0.3 is 0 Å². The van der Waals surface area contributed by atoms with E-state index >= 15 is 0 Å². The summed E-state index contributed by atoms with van der Waals surface area (Å²) in [7, 11) is 0. The highest BCUT2D eigenvalue weighted by molar-refractivity contribution is 5.79. The second kappa shape index (κ2) is 3.85. The molecular formula is C12H11FO2. The van der Waals surface area contributed by atoms with E-state index in [2.05, 4.69) is 0 Å². The minimum Gasteiger partial charge on any atom is -0.458 e. The van der Waals surface area contributed by atoms with Gasteiger partial charge in [-0.05, 0) is 19.1 Å². The highest BCUT2D eigenvalue weighted by Crippen LogP contribution is 2.22. The predicted molar refractivity (Wildman–Crippen MR) is 55.2 cm³/mol. The van der Waals surface area contributed by atoms with E-state index in [9.17, 15) is 9.18 Å². The fraction of sp³-hybridized carbons (Fsp3) is 0.250. The molecule has 1 aromatic carbocycles. The van der Waals surface area contributed by atoms with Crippen LogP contribution >= 0.6 is 0 Å². The number of benzene rings is 1. The minimum absolute atomic E-state index is 0.107. The number of Topliss-reactive ketones (excluding diaryl/α,β-unsaturated/α-hetero) is 1. The lowest BCUT2D eigenvalue weighted by atomic mass is 10.2. The molecule has 2 aromatic rings. The molecule has 2 nitrogen and oxygen atoms in total. The van der Waals surface area contributed by atoms with Crippen LogP contribution in [0.2, 0.25) is 0 Å². The van der Waals surface area contributed by atoms with E-state index in [4.69, 9.17) is 4.42 Å². The number of para-hydroxylation sites is 1. The Labute approximate surface area is 86.7 Å². The van der Waals surface area contributed by atoms with Crippen molar-refractivity contribution in [3.63, 3.8) is 0 Å². The van der Waals surface area contributed by atoms with E-state index in [0.29, 0.717) is 18.6 Å². The van der Waals surface area contributed by atoms with Gasteiger partial charge in [-0.3, -0.25) is 0 Å². The van der Waals surface area contributed by atoms with Gasteiger partial charge in [-0.1, -0.05) is 12.1 Å². The van der Waals surface area contributed by atoms with Crippen LogP contribution in [0, 0.1) is 5.82 Å². The van der Waals surface area contributed by atoms with Gasteiger partial charge in [-0.15, -0.1) is 0 Å². The van der Waals surface area contributed by atoms with Crippen LogP contribution in [0.25, 0.3) is 11.0 Å². The number of carbonyl (C=O) groups excluding carboxylic acids is 1. The Bertz CT molecular complexity index is 499. The first kappa shape index (κ1) is 9.90. The van der Waals surface area contributed by atoms with Crippen LogP contribution in [-0.4, -0.2) is 5.78 Å². The molecule has 15 heavy (non-hydrogen) atoms. The molecule has 78 valence electrons. The quantitative estimate of drug-likeness (QED) is 0.772. The fourth-order valence-electron chi connectivity index (χ4n) is 1.50. The first-order valence-corrected chi connectivity index (χ1v) is 4.83. The highest BCUT2D eigenvalue weighted by Gasteiger charge is 2.08. The van der Waals surface area contributed by atoms with Crippen molar-refractivity contribution in [3.05, 3.63) is 35.8 Å². The van der Waals surface area contributed by atoms with Crippen molar-refractivity contribution in [2.75, 3.05) is 0 Å². The van der Waals surface area contributed by atoms with Crippen LogP contribution < -0.4 is 0 Å². The Morgan fingerprint density at radius 2 is 2.27 bits per heavy atom. The van der Waals surface area contributed by atoms with Gasteiger partial charge in [-0.25, -0.2) is 4.39 Å². The molecule has 0 atom stereocenters. The molecule has 0 spiro atoms. The van der Waals surface area contributed by atoms with Crippen molar-refractivity contribution in [2.24, 2.45) is 0 Å². The maximum atomic E-state index is 13.2. The van der Waals surface area contributed by atoms with Crippen molar-refractivity contribution < 1.29 is 13.6 Å². The van der Waals surface area contributed by atoms with Crippen LogP contribution in [0.3, 0.4) is 0 Å². The molecule has 3 heteroatoms. The largest absolute Gasteiger partial charge is 0.458 e. The van der Waals surface area contributed by atoms with Crippen molar-refractivity contribution in [1.29, 1.82) is 0 Å². The summed E-state index contributed by atoms with van der Waals surface area (Å²) in [6.07, 6.45) is 0.963. The summed E-state index contributed by atoms with van der Waals surface area (Å²) < 4.78 is 18.6. The lowest BCUT2D eigenvalue weighted by Crippen LogP contribution is -1.91. The van der Waals surface area contributed by atoms with Crippen LogP contribution in [0.15, 0.2) is 28.7 Å². The van der Waals surface area contributed by atoms with E-state index in [1.165, 1.54) is 13.0 Å². The van der Waals surface area contributed by atoms with E-state index in [1.54, 1.807) is 18.2 Å². The highest BCUT2D eigenvalue weighted by atomic mass is 19.1. The zero-order valence-electron chi connectivity index (χ0n) is 8.42. The zero-order chi connectivity index (χ0) is 10.8. The van der Waals surface area contributed by atoms with Gasteiger partial charge in [0.2, 0.25) is 0 Å². The van der Waals surface area contributed by atoms with Gasteiger partial charge < -0.3 is 9.21 Å². The van der Waals surface area contributed by atoms with E-state index in [0.717, 1.165) is 5.39 Å². The summed E-state index contributed by atoms with van der Waals surface area (Å²) in [4.78, 5) is 10.8. The predicted octanol–water partition coefficient (Wildman–Crippen LogP) is 3.09. The van der Waals surface area contributed by atoms with Gasteiger partial charge in [0.25, 0.3) is 0 Å². The molecule has 0 bridgehead atoms. The van der Waals surface area contributed by atoms with Crippen LogP contribution in [0.5, 0.6) is 0 Å². The molecular weight excluding hydrogens is 195 g/mol. The van der Waals surface area contributed by atoms with Crippen LogP contribution in [-0.2, 0) is 11.2 Å². The first-order valence-electron chi connectivity index (χ1n) is 4.83. The Balaban J connectivity index is 2.31. The van der Waals surface area contributed by atoms with Crippen molar-refractivity contribution in [3.8, 4) is 0 Å². The van der Waals surface area contributed by atoms with Crippen LogP contribution in [0.1, 0.15) is 19.1 Å². The molecule has 0 aliphatic heterocycles. The Hall–Kier alpha value is -1.64. The maximum absolute atomic E-state index is 13.2. The zero-order valence-corrected chi connectivity index (χ0v) is 8.42.